The molecular weight excluding hydrogens is 980 g/mol. The molecule has 0 saturated heterocycles. The second-order valence-electron chi connectivity index (χ2n) is 26.6. The number of hydrogen-bond donors (Lipinski definition) is 1. The van der Waals surface area contributed by atoms with Crippen LogP contribution in [-0.4, -0.2) is 24.2 Å². The Morgan fingerprint density at radius 3 is 1.27 bits per heavy atom. The molecule has 0 unspecified atom stereocenters. The van der Waals surface area contributed by atoms with Gasteiger partial charge in [-0.3, -0.25) is 9.13 Å². The molecule has 1 N–H and O–H groups in total. The number of aromatic nitrogens is 4. The monoisotopic (exact) mass is 1060 g/mol. The van der Waals surface area contributed by atoms with E-state index in [9.17, 15) is 5.11 Å². The zero-order valence-electron chi connectivity index (χ0n) is 50.4. The Morgan fingerprint density at radius 1 is 0.388 bits per heavy atom. The van der Waals surface area contributed by atoms with Crippen LogP contribution in [0.4, 0.5) is 4.39 Å². The van der Waals surface area contributed by atoms with E-state index in [1.807, 2.05) is 6.07 Å². The fourth-order valence-electron chi connectivity index (χ4n) is 11.6. The van der Waals surface area contributed by atoms with Crippen LogP contribution in [0.25, 0.3) is 89.6 Å². The summed E-state index contributed by atoms with van der Waals surface area (Å²) in [5, 5.41) is 12.9. The lowest BCUT2D eigenvalue weighted by Gasteiger charge is -2.28. The van der Waals surface area contributed by atoms with Crippen LogP contribution in [0.15, 0.2) is 152 Å². The molecule has 8 aromatic carbocycles. The number of nitrogens with zero attached hydrogens (tertiary/aromatic N) is 4. The SMILES string of the molecule is CC(C)c1cc(-c2ccccc2)cc(C(C)C)c1-n1c(-c2cc(-c3cccc4c3nc(-c3cc(C(C)(C)C)cc(C(C)(C)C)c3O)n4-c3c(C(C)C)cc(-c4ccccc4)cc3C(C)C)cc(C(C)(C)C)c2)nc2c(F)cccc21. The first-order valence-electron chi connectivity index (χ1n) is 28.9. The van der Waals surface area contributed by atoms with Gasteiger partial charge in [0.05, 0.1) is 33.5 Å². The van der Waals surface area contributed by atoms with Crippen molar-refractivity contribution in [3.05, 3.63) is 196 Å². The molecule has 0 radical (unpaired) electrons. The summed E-state index contributed by atoms with van der Waals surface area (Å²) < 4.78 is 21.1. The third-order valence-electron chi connectivity index (χ3n) is 16.2. The van der Waals surface area contributed by atoms with Crippen LogP contribution < -0.4 is 0 Å². The lowest BCUT2D eigenvalue weighted by atomic mass is 9.78. The Bertz CT molecular complexity index is 3900. The average molecular weight is 1060 g/mol. The number of phenols is 1. The summed E-state index contributed by atoms with van der Waals surface area (Å²) >= 11 is 0. The molecule has 2 heterocycles. The van der Waals surface area contributed by atoms with Crippen LogP contribution in [0.3, 0.4) is 0 Å². The molecule has 0 aliphatic heterocycles. The first-order valence-corrected chi connectivity index (χ1v) is 28.9. The van der Waals surface area contributed by atoms with Crippen molar-refractivity contribution >= 4 is 22.1 Å². The van der Waals surface area contributed by atoms with Crippen molar-refractivity contribution in [2.24, 2.45) is 0 Å². The van der Waals surface area contributed by atoms with Crippen molar-refractivity contribution < 1.29 is 9.50 Å². The van der Waals surface area contributed by atoms with E-state index in [4.69, 9.17) is 9.97 Å². The van der Waals surface area contributed by atoms with Gasteiger partial charge in [0, 0.05) is 16.7 Å². The number of aromatic hydroxyl groups is 1. The summed E-state index contributed by atoms with van der Waals surface area (Å²) in [6.45, 7) is 38.1. The summed E-state index contributed by atoms with van der Waals surface area (Å²) in [4.78, 5) is 11.2. The van der Waals surface area contributed by atoms with Gasteiger partial charge in [0.15, 0.2) is 5.82 Å². The zero-order valence-corrected chi connectivity index (χ0v) is 50.4. The molecule has 0 fully saturated rings. The molecule has 0 aliphatic carbocycles. The van der Waals surface area contributed by atoms with Crippen LogP contribution in [-0.2, 0) is 16.2 Å². The van der Waals surface area contributed by atoms with E-state index in [0.29, 0.717) is 22.7 Å². The van der Waals surface area contributed by atoms with Crippen molar-refractivity contribution in [3.63, 3.8) is 0 Å². The van der Waals surface area contributed by atoms with E-state index in [2.05, 4.69) is 260 Å². The molecule has 0 amide bonds. The van der Waals surface area contributed by atoms with E-state index in [1.54, 1.807) is 6.07 Å². The molecule has 80 heavy (non-hydrogen) atoms. The van der Waals surface area contributed by atoms with E-state index in [1.165, 1.54) is 39.4 Å². The molecule has 0 saturated carbocycles. The molecular formula is C74H81FN4O. The summed E-state index contributed by atoms with van der Waals surface area (Å²) in [5.74, 6) is 1.77. The Hall–Kier alpha value is -7.57. The Balaban J connectivity index is 1.32. The van der Waals surface area contributed by atoms with Crippen LogP contribution in [0.5, 0.6) is 5.75 Å². The summed E-state index contributed by atoms with van der Waals surface area (Å²) in [5.41, 5.74) is 20.0. The van der Waals surface area contributed by atoms with Crippen molar-refractivity contribution in [3.8, 4) is 73.3 Å². The van der Waals surface area contributed by atoms with Gasteiger partial charge >= 0.3 is 0 Å². The number of rotatable bonds is 11. The standard InChI is InChI=1S/C74H81FN4O/c1-43(2)56-37-49(47-26-20-18-21-27-47)38-57(44(3)4)67(56)78-64-33-25-31-62(75)66(64)77-70(78)52-34-51(35-53(36-52)72(9,10)11)55-30-24-32-63-65(55)76-71(60-41-54(73(12,13)14)42-61(69(60)80)74(15,16)17)79(63)68-58(45(5)6)39-50(40-59(68)46(7)8)48-28-22-19-23-29-48/h18-46,80H,1-17H3. The van der Waals surface area contributed by atoms with Crippen molar-refractivity contribution in [2.45, 2.75) is 158 Å². The van der Waals surface area contributed by atoms with Crippen molar-refractivity contribution in [2.75, 3.05) is 0 Å². The van der Waals surface area contributed by atoms with Gasteiger partial charge in [-0.1, -0.05) is 209 Å². The van der Waals surface area contributed by atoms with E-state index in [0.717, 1.165) is 72.4 Å². The van der Waals surface area contributed by atoms with Gasteiger partial charge in [0.1, 0.15) is 22.9 Å². The predicted molar refractivity (Wildman–Crippen MR) is 337 cm³/mol. The minimum atomic E-state index is -0.370. The molecule has 2 aromatic heterocycles. The number of hydrogen-bond acceptors (Lipinski definition) is 3. The van der Waals surface area contributed by atoms with Crippen molar-refractivity contribution in [1.82, 2.24) is 19.1 Å². The number of halogens is 1. The number of imidazole rings is 2. The molecule has 10 aromatic rings. The maximum atomic E-state index is 16.5. The average Bonchev–Trinajstić information content (AvgIpc) is 4.22. The molecule has 0 aliphatic rings. The zero-order chi connectivity index (χ0) is 57.5. The van der Waals surface area contributed by atoms with Gasteiger partial charge in [-0.2, -0.15) is 0 Å². The van der Waals surface area contributed by atoms with Gasteiger partial charge in [-0.05, 0) is 162 Å². The van der Waals surface area contributed by atoms with Gasteiger partial charge in [-0.25, -0.2) is 14.4 Å². The number of benzene rings is 8. The fraction of sp³-hybridized carbons (Fsp3) is 0.324. The largest absolute Gasteiger partial charge is 0.507 e. The Kier molecular flexibility index (Phi) is 14.5. The number of para-hydroxylation sites is 2. The lowest BCUT2D eigenvalue weighted by Crippen LogP contribution is -2.17. The van der Waals surface area contributed by atoms with Crippen LogP contribution >= 0.6 is 0 Å². The molecule has 6 heteroatoms. The van der Waals surface area contributed by atoms with E-state index < -0.39 is 0 Å². The molecule has 0 spiro atoms. The highest BCUT2D eigenvalue weighted by Gasteiger charge is 2.32. The molecule has 5 nitrogen and oxygen atoms in total. The predicted octanol–water partition coefficient (Wildman–Crippen LogP) is 20.9. The topological polar surface area (TPSA) is 55.9 Å². The Morgan fingerprint density at radius 2 is 0.812 bits per heavy atom. The quantitative estimate of drug-likeness (QED) is 0.140. The molecule has 10 rings (SSSR count). The van der Waals surface area contributed by atoms with Gasteiger partial charge in [0.2, 0.25) is 0 Å². The highest BCUT2D eigenvalue weighted by Crippen LogP contribution is 2.48. The summed E-state index contributed by atoms with van der Waals surface area (Å²) in [6, 6.07) is 53.7. The highest BCUT2D eigenvalue weighted by molar-refractivity contribution is 5.98. The van der Waals surface area contributed by atoms with Crippen molar-refractivity contribution in [1.29, 1.82) is 0 Å². The third kappa shape index (κ3) is 10.2. The van der Waals surface area contributed by atoms with E-state index in [-0.39, 0.29) is 51.5 Å². The smallest absolute Gasteiger partial charge is 0.151 e. The number of fused-ring (bicyclic) bond motifs is 2. The third-order valence-corrected chi connectivity index (χ3v) is 16.2. The van der Waals surface area contributed by atoms with Gasteiger partial charge in [-0.15, -0.1) is 0 Å². The van der Waals surface area contributed by atoms with Crippen LogP contribution in [0.1, 0.15) is 180 Å². The summed E-state index contributed by atoms with van der Waals surface area (Å²) in [7, 11) is 0. The molecule has 0 bridgehead atoms. The van der Waals surface area contributed by atoms with Gasteiger partial charge in [0.25, 0.3) is 0 Å². The normalized spacial score (nSPS) is 12.6. The van der Waals surface area contributed by atoms with E-state index >= 15 is 4.39 Å². The summed E-state index contributed by atoms with van der Waals surface area (Å²) in [6.07, 6.45) is 0. The van der Waals surface area contributed by atoms with Crippen LogP contribution in [0.2, 0.25) is 0 Å². The first-order chi connectivity index (χ1) is 37.7. The maximum absolute atomic E-state index is 16.5. The minimum Gasteiger partial charge on any atom is -0.507 e. The fourth-order valence-corrected chi connectivity index (χ4v) is 11.6. The number of phenolic OH excluding ortho intramolecular Hbond substituents is 1. The first kappa shape index (κ1) is 55.7. The molecule has 410 valence electrons. The van der Waals surface area contributed by atoms with Gasteiger partial charge < -0.3 is 5.11 Å². The van der Waals surface area contributed by atoms with Crippen LogP contribution in [0, 0.1) is 5.82 Å². The second kappa shape index (κ2) is 20.8. The highest BCUT2D eigenvalue weighted by atomic mass is 19.1. The maximum Gasteiger partial charge on any atom is 0.151 e. The second-order valence-corrected chi connectivity index (χ2v) is 26.6. The lowest BCUT2D eigenvalue weighted by molar-refractivity contribution is 0.446. The molecule has 0 atom stereocenters. The minimum absolute atomic E-state index is 0.133. The Labute approximate surface area is 475 Å².